The number of allylic oxidation sites excluding steroid dienone is 1. The van der Waals surface area contributed by atoms with Crippen molar-refractivity contribution in [3.8, 4) is 17.2 Å². The summed E-state index contributed by atoms with van der Waals surface area (Å²) >= 11 is 0. The van der Waals surface area contributed by atoms with Crippen LogP contribution in [0.15, 0.2) is 78.5 Å². The molecule has 0 atom stereocenters. The molecule has 4 amide bonds. The van der Waals surface area contributed by atoms with Crippen LogP contribution in [0.25, 0.3) is 16.7 Å². The standard InChI is InChI=1S/C29H25F3N4O2/c1-18(2)34-27(37)35-17-26(25-10-5-4-9-24(25)21-13-11-20(16-33)12-14-21)19(3)36(28(35)38)23-8-6-7-22(15-23)29(30,31)32/h4-15,18H,17H2,1-3H3,(H,34,37). The Morgan fingerprint density at radius 2 is 1.66 bits per heavy atom. The lowest BCUT2D eigenvalue weighted by Crippen LogP contribution is -2.54. The Hall–Kier alpha value is -4.58. The smallest absolute Gasteiger partial charge is 0.335 e. The first-order valence-corrected chi connectivity index (χ1v) is 11.9. The summed E-state index contributed by atoms with van der Waals surface area (Å²) in [5.41, 5.74) is 2.90. The van der Waals surface area contributed by atoms with E-state index in [4.69, 9.17) is 5.26 Å². The van der Waals surface area contributed by atoms with Crippen molar-refractivity contribution in [1.82, 2.24) is 10.2 Å². The van der Waals surface area contributed by atoms with Crippen LogP contribution in [0, 0.1) is 11.3 Å². The third-order valence-electron chi connectivity index (χ3n) is 6.18. The van der Waals surface area contributed by atoms with Gasteiger partial charge in [0.15, 0.2) is 0 Å². The van der Waals surface area contributed by atoms with Crippen LogP contribution in [-0.2, 0) is 6.18 Å². The van der Waals surface area contributed by atoms with Gasteiger partial charge in [0.05, 0.1) is 29.4 Å². The van der Waals surface area contributed by atoms with Crippen molar-refractivity contribution in [3.63, 3.8) is 0 Å². The molecule has 9 heteroatoms. The number of imide groups is 1. The second-order valence-electron chi connectivity index (χ2n) is 9.16. The second kappa shape index (κ2) is 10.4. The van der Waals surface area contributed by atoms with Crippen molar-refractivity contribution in [2.24, 2.45) is 0 Å². The third kappa shape index (κ3) is 5.25. The zero-order valence-electron chi connectivity index (χ0n) is 21.0. The number of halogens is 3. The van der Waals surface area contributed by atoms with E-state index < -0.39 is 23.8 Å². The minimum Gasteiger partial charge on any atom is -0.335 e. The summed E-state index contributed by atoms with van der Waals surface area (Å²) in [6.07, 6.45) is -4.60. The molecule has 0 aliphatic carbocycles. The molecule has 1 N–H and O–H groups in total. The number of anilines is 1. The second-order valence-corrected chi connectivity index (χ2v) is 9.16. The minimum absolute atomic E-state index is 0.00211. The fourth-order valence-corrected chi connectivity index (χ4v) is 4.35. The summed E-state index contributed by atoms with van der Waals surface area (Å²) < 4.78 is 40.5. The number of nitrogens with one attached hydrogen (secondary N) is 1. The van der Waals surface area contributed by atoms with Crippen molar-refractivity contribution in [1.29, 1.82) is 5.26 Å². The largest absolute Gasteiger partial charge is 0.416 e. The van der Waals surface area contributed by atoms with Gasteiger partial charge in [0.25, 0.3) is 0 Å². The third-order valence-corrected chi connectivity index (χ3v) is 6.18. The summed E-state index contributed by atoms with van der Waals surface area (Å²) in [6.45, 7) is 5.07. The summed E-state index contributed by atoms with van der Waals surface area (Å²) in [7, 11) is 0. The number of carbonyl (C=O) groups is 2. The fraction of sp³-hybridized carbons (Fsp3) is 0.207. The lowest BCUT2D eigenvalue weighted by Gasteiger charge is -2.37. The van der Waals surface area contributed by atoms with Crippen molar-refractivity contribution in [3.05, 3.63) is 95.2 Å². The van der Waals surface area contributed by atoms with Gasteiger partial charge in [0.2, 0.25) is 0 Å². The first kappa shape index (κ1) is 26.5. The first-order valence-electron chi connectivity index (χ1n) is 11.9. The zero-order chi connectivity index (χ0) is 27.6. The molecule has 1 aliphatic heterocycles. The predicted molar refractivity (Wildman–Crippen MR) is 139 cm³/mol. The van der Waals surface area contributed by atoms with Gasteiger partial charge in [0.1, 0.15) is 0 Å². The maximum Gasteiger partial charge on any atom is 0.416 e. The molecule has 1 heterocycles. The quantitative estimate of drug-likeness (QED) is 0.403. The van der Waals surface area contributed by atoms with E-state index in [2.05, 4.69) is 11.4 Å². The maximum atomic E-state index is 13.6. The van der Waals surface area contributed by atoms with Gasteiger partial charge in [-0.3, -0.25) is 4.90 Å². The highest BCUT2D eigenvalue weighted by molar-refractivity contribution is 6.09. The Balaban J connectivity index is 1.90. The van der Waals surface area contributed by atoms with Crippen LogP contribution in [0.4, 0.5) is 28.4 Å². The lowest BCUT2D eigenvalue weighted by atomic mass is 9.91. The number of nitrogens with zero attached hydrogens (tertiary/aromatic N) is 3. The number of rotatable bonds is 4. The van der Waals surface area contributed by atoms with Crippen LogP contribution in [0.1, 0.15) is 37.5 Å². The fourth-order valence-electron chi connectivity index (χ4n) is 4.35. The molecule has 0 radical (unpaired) electrons. The molecule has 0 fully saturated rings. The van der Waals surface area contributed by atoms with Crippen LogP contribution in [-0.4, -0.2) is 29.5 Å². The highest BCUT2D eigenvalue weighted by Gasteiger charge is 2.38. The molecule has 194 valence electrons. The number of hydrogen-bond donors (Lipinski definition) is 1. The van der Waals surface area contributed by atoms with E-state index in [1.165, 1.54) is 12.1 Å². The molecule has 0 unspecified atom stereocenters. The molecular weight excluding hydrogens is 493 g/mol. The van der Waals surface area contributed by atoms with Gasteiger partial charge < -0.3 is 5.32 Å². The van der Waals surface area contributed by atoms with Gasteiger partial charge in [-0.1, -0.05) is 42.5 Å². The van der Waals surface area contributed by atoms with E-state index in [1.54, 1.807) is 45.0 Å². The zero-order valence-corrected chi connectivity index (χ0v) is 21.0. The van der Waals surface area contributed by atoms with Crippen LogP contribution in [0.2, 0.25) is 0 Å². The van der Waals surface area contributed by atoms with E-state index in [1.807, 2.05) is 24.3 Å². The lowest BCUT2D eigenvalue weighted by molar-refractivity contribution is -0.137. The Morgan fingerprint density at radius 1 is 1.00 bits per heavy atom. The number of alkyl halides is 3. The van der Waals surface area contributed by atoms with Crippen LogP contribution < -0.4 is 10.2 Å². The summed E-state index contributed by atoms with van der Waals surface area (Å²) in [6, 6.07) is 19.2. The topological polar surface area (TPSA) is 76.4 Å². The highest BCUT2D eigenvalue weighted by atomic mass is 19.4. The summed E-state index contributed by atoms with van der Waals surface area (Å²) in [5.74, 6) is 0. The number of carbonyl (C=O) groups excluding carboxylic acids is 2. The molecule has 0 aromatic heterocycles. The van der Waals surface area contributed by atoms with Gasteiger partial charge in [-0.05, 0) is 73.4 Å². The van der Waals surface area contributed by atoms with Crippen LogP contribution in [0.3, 0.4) is 0 Å². The molecule has 4 rings (SSSR count). The normalized spacial score (nSPS) is 14.1. The first-order chi connectivity index (χ1) is 18.0. The van der Waals surface area contributed by atoms with E-state index in [0.717, 1.165) is 33.1 Å². The molecule has 3 aromatic carbocycles. The summed E-state index contributed by atoms with van der Waals surface area (Å²) in [4.78, 5) is 28.8. The van der Waals surface area contributed by atoms with Crippen molar-refractivity contribution < 1.29 is 22.8 Å². The van der Waals surface area contributed by atoms with Gasteiger partial charge in [-0.15, -0.1) is 0 Å². The molecule has 1 aliphatic rings. The van der Waals surface area contributed by atoms with Gasteiger partial charge in [-0.25, -0.2) is 14.5 Å². The maximum absolute atomic E-state index is 13.6. The number of benzene rings is 3. The van der Waals surface area contributed by atoms with Crippen LogP contribution >= 0.6 is 0 Å². The number of hydrogen-bond acceptors (Lipinski definition) is 3. The molecule has 38 heavy (non-hydrogen) atoms. The van der Waals surface area contributed by atoms with Crippen molar-refractivity contribution in [2.75, 3.05) is 11.4 Å². The number of nitriles is 1. The SMILES string of the molecule is CC1=C(c2ccccc2-c2ccc(C#N)cc2)CN(C(=O)NC(C)C)C(=O)N1c1cccc(C(F)(F)F)c1. The molecule has 6 nitrogen and oxygen atoms in total. The molecule has 0 saturated heterocycles. The Kier molecular flexibility index (Phi) is 7.26. The van der Waals surface area contributed by atoms with E-state index in [0.29, 0.717) is 22.4 Å². The van der Waals surface area contributed by atoms with Crippen molar-refractivity contribution in [2.45, 2.75) is 33.0 Å². The van der Waals surface area contributed by atoms with Crippen molar-refractivity contribution >= 4 is 23.3 Å². The summed E-state index contributed by atoms with van der Waals surface area (Å²) in [5, 5.41) is 11.9. The van der Waals surface area contributed by atoms with Gasteiger partial charge >= 0.3 is 18.2 Å². The van der Waals surface area contributed by atoms with Gasteiger partial charge in [-0.2, -0.15) is 18.4 Å². The molecule has 0 bridgehead atoms. The highest BCUT2D eigenvalue weighted by Crippen LogP contribution is 2.38. The van der Waals surface area contributed by atoms with E-state index in [9.17, 15) is 22.8 Å². The Morgan fingerprint density at radius 3 is 2.26 bits per heavy atom. The van der Waals surface area contributed by atoms with E-state index >= 15 is 0 Å². The average molecular weight is 519 g/mol. The minimum atomic E-state index is -4.60. The average Bonchev–Trinajstić information content (AvgIpc) is 2.88. The monoisotopic (exact) mass is 518 g/mol. The van der Waals surface area contributed by atoms with Gasteiger partial charge in [0, 0.05) is 11.7 Å². The number of amides is 4. The molecular formula is C29H25F3N4O2. The Bertz CT molecular complexity index is 1450. The van der Waals surface area contributed by atoms with E-state index in [-0.39, 0.29) is 18.3 Å². The Labute approximate surface area is 218 Å². The predicted octanol–water partition coefficient (Wildman–Crippen LogP) is 7.04. The molecule has 0 spiro atoms. The molecule has 3 aromatic rings. The molecule has 0 saturated carbocycles. The number of urea groups is 2. The van der Waals surface area contributed by atoms with Crippen LogP contribution in [0.5, 0.6) is 0 Å².